The van der Waals surface area contributed by atoms with Crippen LogP contribution in [0.15, 0.2) is 77.0 Å². The zero-order valence-electron chi connectivity index (χ0n) is 14.2. The number of hydrogen-bond donors (Lipinski definition) is 2. The first-order chi connectivity index (χ1) is 12.5. The Morgan fingerprint density at radius 1 is 0.962 bits per heavy atom. The summed E-state index contributed by atoms with van der Waals surface area (Å²) >= 11 is 1.74. The molecule has 0 saturated heterocycles. The maximum Gasteiger partial charge on any atom is 0.335 e. The van der Waals surface area contributed by atoms with Gasteiger partial charge in [0.05, 0.1) is 16.9 Å². The Bertz CT molecular complexity index is 1060. The van der Waals surface area contributed by atoms with E-state index in [4.69, 9.17) is 0 Å². The molecular weight excluding hydrogens is 342 g/mol. The number of benzene rings is 3. The summed E-state index contributed by atoms with van der Waals surface area (Å²) in [4.78, 5) is 13.8. The maximum absolute atomic E-state index is 11.4. The van der Waals surface area contributed by atoms with Crippen molar-refractivity contribution in [3.8, 4) is 0 Å². The summed E-state index contributed by atoms with van der Waals surface area (Å²) < 4.78 is 0. The number of anilines is 2. The molecule has 0 unspecified atom stereocenters. The van der Waals surface area contributed by atoms with Crippen molar-refractivity contribution in [1.29, 1.82) is 0 Å². The fourth-order valence-corrected chi connectivity index (χ4v) is 4.15. The predicted octanol–water partition coefficient (Wildman–Crippen LogP) is 5.96. The van der Waals surface area contributed by atoms with Crippen LogP contribution < -0.4 is 5.32 Å². The average molecular weight is 359 g/mol. The van der Waals surface area contributed by atoms with Gasteiger partial charge in [0, 0.05) is 9.79 Å². The number of carboxylic acid groups (broad SMARTS) is 1. The normalized spacial score (nSPS) is 11.9. The lowest BCUT2D eigenvalue weighted by Gasteiger charge is -2.22. The van der Waals surface area contributed by atoms with Crippen LogP contribution >= 0.6 is 11.8 Å². The molecule has 3 aromatic rings. The Kier molecular flexibility index (Phi) is 4.05. The first-order valence-electron chi connectivity index (χ1n) is 8.25. The number of para-hydroxylation sites is 1. The topological polar surface area (TPSA) is 49.3 Å². The molecule has 128 valence electrons. The van der Waals surface area contributed by atoms with Crippen molar-refractivity contribution in [1.82, 2.24) is 0 Å². The number of carbonyl (C=O) groups is 1. The molecule has 3 nitrogen and oxygen atoms in total. The summed E-state index contributed by atoms with van der Waals surface area (Å²) in [6.45, 7) is 6.05. The molecule has 1 aliphatic heterocycles. The fraction of sp³-hybridized carbons (Fsp3) is 0.0455. The number of fused-ring (bicyclic) bond motifs is 2. The van der Waals surface area contributed by atoms with E-state index in [2.05, 4.69) is 36.2 Å². The van der Waals surface area contributed by atoms with Gasteiger partial charge in [0.1, 0.15) is 0 Å². The van der Waals surface area contributed by atoms with E-state index in [1.165, 1.54) is 4.90 Å². The maximum atomic E-state index is 11.4. The predicted molar refractivity (Wildman–Crippen MR) is 107 cm³/mol. The molecular formula is C22H17NO2S. The summed E-state index contributed by atoms with van der Waals surface area (Å²) in [6.07, 6.45) is 0. The van der Waals surface area contributed by atoms with Crippen LogP contribution in [0.4, 0.5) is 11.4 Å². The summed E-state index contributed by atoms with van der Waals surface area (Å²) in [5, 5.41) is 12.8. The molecule has 0 atom stereocenters. The van der Waals surface area contributed by atoms with Crippen LogP contribution in [0.1, 0.15) is 27.0 Å². The van der Waals surface area contributed by atoms with Crippen molar-refractivity contribution in [3.05, 3.63) is 89.5 Å². The Hall–Kier alpha value is -2.98. The number of carboxylic acids is 1. The minimum absolute atomic E-state index is 0.309. The van der Waals surface area contributed by atoms with Crippen LogP contribution in [-0.2, 0) is 0 Å². The molecule has 0 saturated carbocycles. The molecule has 0 radical (unpaired) electrons. The second kappa shape index (κ2) is 6.39. The van der Waals surface area contributed by atoms with Crippen molar-refractivity contribution < 1.29 is 9.90 Å². The molecule has 1 aliphatic rings. The van der Waals surface area contributed by atoms with Crippen molar-refractivity contribution in [2.45, 2.75) is 16.7 Å². The lowest BCUT2D eigenvalue weighted by atomic mass is 9.93. The van der Waals surface area contributed by atoms with E-state index in [9.17, 15) is 9.90 Å². The number of aromatic carboxylic acids is 1. The van der Waals surface area contributed by atoms with E-state index in [-0.39, 0.29) is 0 Å². The molecule has 0 fully saturated rings. The molecule has 2 N–H and O–H groups in total. The van der Waals surface area contributed by atoms with E-state index >= 15 is 0 Å². The van der Waals surface area contributed by atoms with Gasteiger partial charge in [0.15, 0.2) is 0 Å². The van der Waals surface area contributed by atoms with Gasteiger partial charge >= 0.3 is 5.97 Å². The SMILES string of the molecule is C=C(c1ccc2c(c1)Nc1ccccc1S2)c1cccc(C(=O)O)c1C. The molecule has 26 heavy (non-hydrogen) atoms. The molecule has 1 heterocycles. The van der Waals surface area contributed by atoms with Gasteiger partial charge in [-0.25, -0.2) is 4.79 Å². The van der Waals surface area contributed by atoms with Crippen molar-refractivity contribution >= 4 is 34.7 Å². The average Bonchev–Trinajstić information content (AvgIpc) is 2.65. The van der Waals surface area contributed by atoms with E-state index < -0.39 is 5.97 Å². The number of rotatable bonds is 3. The van der Waals surface area contributed by atoms with Crippen molar-refractivity contribution in [2.24, 2.45) is 0 Å². The van der Waals surface area contributed by atoms with Gasteiger partial charge < -0.3 is 10.4 Å². The molecule has 4 heteroatoms. The minimum atomic E-state index is -0.919. The molecule has 0 spiro atoms. The van der Waals surface area contributed by atoms with Gasteiger partial charge in [0.25, 0.3) is 0 Å². The van der Waals surface area contributed by atoms with Crippen molar-refractivity contribution in [3.63, 3.8) is 0 Å². The summed E-state index contributed by atoms with van der Waals surface area (Å²) in [5.74, 6) is -0.919. The lowest BCUT2D eigenvalue weighted by molar-refractivity contribution is 0.0696. The molecule has 0 aliphatic carbocycles. The molecule has 4 rings (SSSR count). The third-order valence-corrected chi connectivity index (χ3v) is 5.75. The van der Waals surface area contributed by atoms with Crippen molar-refractivity contribution in [2.75, 3.05) is 5.32 Å². The Labute approximate surface area is 156 Å². The highest BCUT2D eigenvalue weighted by Crippen LogP contribution is 2.45. The zero-order valence-corrected chi connectivity index (χ0v) is 15.1. The highest BCUT2D eigenvalue weighted by Gasteiger charge is 2.17. The van der Waals surface area contributed by atoms with Crippen LogP contribution in [0.25, 0.3) is 5.57 Å². The fourth-order valence-electron chi connectivity index (χ4n) is 3.18. The summed E-state index contributed by atoms with van der Waals surface area (Å²) in [5.41, 5.74) is 5.82. The standard InChI is InChI=1S/C22H17NO2S/c1-13(16-6-5-7-17(14(16)2)22(24)25)15-10-11-21-19(12-15)23-18-8-3-4-9-20(18)26-21/h3-12,23H,1H2,2H3,(H,24,25). The van der Waals surface area contributed by atoms with E-state index in [0.717, 1.165) is 38.5 Å². The van der Waals surface area contributed by atoms with E-state index in [0.29, 0.717) is 5.56 Å². The zero-order chi connectivity index (χ0) is 18.3. The minimum Gasteiger partial charge on any atom is -0.478 e. The van der Waals surface area contributed by atoms with Gasteiger partial charge in [-0.3, -0.25) is 0 Å². The van der Waals surface area contributed by atoms with Crippen LogP contribution in [0.5, 0.6) is 0 Å². The molecule has 0 amide bonds. The molecule has 0 aromatic heterocycles. The van der Waals surface area contributed by atoms with Crippen LogP contribution in [0, 0.1) is 6.92 Å². The van der Waals surface area contributed by atoms with Gasteiger partial charge in [0.2, 0.25) is 0 Å². The van der Waals surface area contributed by atoms with E-state index in [1.807, 2.05) is 31.2 Å². The quantitative estimate of drug-likeness (QED) is 0.474. The van der Waals surface area contributed by atoms with Gasteiger partial charge in [-0.1, -0.05) is 48.7 Å². The second-order valence-electron chi connectivity index (χ2n) is 6.20. The van der Waals surface area contributed by atoms with Gasteiger partial charge in [-0.15, -0.1) is 0 Å². The first kappa shape index (κ1) is 16.5. The Balaban J connectivity index is 1.72. The smallest absolute Gasteiger partial charge is 0.335 e. The highest BCUT2D eigenvalue weighted by molar-refractivity contribution is 7.99. The van der Waals surface area contributed by atoms with Gasteiger partial charge in [-0.2, -0.15) is 0 Å². The van der Waals surface area contributed by atoms with Crippen LogP contribution in [0.2, 0.25) is 0 Å². The number of nitrogens with one attached hydrogen (secondary N) is 1. The third kappa shape index (κ3) is 2.78. The summed E-state index contributed by atoms with van der Waals surface area (Å²) in [6, 6.07) is 19.7. The van der Waals surface area contributed by atoms with Gasteiger partial charge in [-0.05, 0) is 59.5 Å². The van der Waals surface area contributed by atoms with Crippen LogP contribution in [0.3, 0.4) is 0 Å². The Morgan fingerprint density at radius 3 is 2.50 bits per heavy atom. The van der Waals surface area contributed by atoms with Crippen LogP contribution in [-0.4, -0.2) is 11.1 Å². The molecule has 3 aromatic carbocycles. The highest BCUT2D eigenvalue weighted by atomic mass is 32.2. The third-order valence-electron chi connectivity index (χ3n) is 4.59. The second-order valence-corrected chi connectivity index (χ2v) is 7.28. The largest absolute Gasteiger partial charge is 0.478 e. The molecule has 0 bridgehead atoms. The monoisotopic (exact) mass is 359 g/mol. The lowest BCUT2D eigenvalue weighted by Crippen LogP contribution is -2.03. The van der Waals surface area contributed by atoms with E-state index in [1.54, 1.807) is 23.9 Å². The number of hydrogen-bond acceptors (Lipinski definition) is 3. The Morgan fingerprint density at radius 2 is 1.69 bits per heavy atom. The summed E-state index contributed by atoms with van der Waals surface area (Å²) in [7, 11) is 0. The first-order valence-corrected chi connectivity index (χ1v) is 9.07.